The predicted octanol–water partition coefficient (Wildman–Crippen LogP) is -0.343. The first-order valence-electron chi connectivity index (χ1n) is 5.42. The lowest BCUT2D eigenvalue weighted by molar-refractivity contribution is 0.506. The highest BCUT2D eigenvalue weighted by molar-refractivity contribution is 7.91. The smallest absolute Gasteiger partial charge is 0.240 e. The zero-order chi connectivity index (χ0) is 13.2. The first-order chi connectivity index (χ1) is 8.39. The quantitative estimate of drug-likeness (QED) is 0.740. The van der Waals surface area contributed by atoms with Crippen LogP contribution in [0.4, 0.5) is 0 Å². The lowest BCUT2D eigenvalue weighted by atomic mass is 10.3. The molecule has 1 fully saturated rings. The second kappa shape index (κ2) is 4.96. The maximum Gasteiger partial charge on any atom is 0.253 e. The lowest BCUT2D eigenvalue weighted by Gasteiger charge is -2.12. The number of nitrogens with one attached hydrogen (secondary N) is 2. The van der Waals surface area contributed by atoms with Crippen molar-refractivity contribution in [1.29, 1.82) is 0 Å². The molecule has 1 aromatic rings. The highest BCUT2D eigenvalue weighted by atomic mass is 32.2. The summed E-state index contributed by atoms with van der Waals surface area (Å²) >= 11 is 0. The highest BCUT2D eigenvalue weighted by Crippen LogP contribution is 2.11. The molecule has 1 aliphatic rings. The van der Waals surface area contributed by atoms with Gasteiger partial charge in [0.1, 0.15) is 0 Å². The van der Waals surface area contributed by atoms with Gasteiger partial charge in [0.05, 0.1) is 16.4 Å². The molecule has 0 saturated carbocycles. The number of hydrogen-bond acceptors (Lipinski definition) is 5. The van der Waals surface area contributed by atoms with Crippen molar-refractivity contribution >= 4 is 19.9 Å². The van der Waals surface area contributed by atoms with Crippen molar-refractivity contribution in [2.24, 2.45) is 0 Å². The third-order valence-corrected chi connectivity index (χ3v) is 5.73. The Morgan fingerprint density at radius 2 is 1.83 bits per heavy atom. The Labute approximate surface area is 106 Å². The lowest BCUT2D eigenvalue weighted by Crippen LogP contribution is -2.44. The van der Waals surface area contributed by atoms with Crippen LogP contribution in [0.2, 0.25) is 0 Å². The van der Waals surface area contributed by atoms with Gasteiger partial charge in [-0.3, -0.25) is 0 Å². The first-order valence-corrected chi connectivity index (χ1v) is 8.72. The SMILES string of the molecule is O=S1(=O)CC[C@@H](NNS(=O)(=O)c2ccccc2)C1. The van der Waals surface area contributed by atoms with Crippen LogP contribution in [-0.2, 0) is 19.9 Å². The summed E-state index contributed by atoms with van der Waals surface area (Å²) in [6.07, 6.45) is 0.416. The van der Waals surface area contributed by atoms with Gasteiger partial charge in [-0.1, -0.05) is 18.2 Å². The van der Waals surface area contributed by atoms with Gasteiger partial charge < -0.3 is 0 Å². The predicted molar refractivity (Wildman–Crippen MR) is 67.0 cm³/mol. The van der Waals surface area contributed by atoms with Crippen LogP contribution >= 0.6 is 0 Å². The van der Waals surface area contributed by atoms with Gasteiger partial charge in [-0.25, -0.2) is 22.3 Å². The summed E-state index contributed by atoms with van der Waals surface area (Å²) in [5.74, 6) is 0.0576. The number of hydrogen-bond donors (Lipinski definition) is 2. The Balaban J connectivity index is 1.99. The van der Waals surface area contributed by atoms with Crippen LogP contribution in [0.5, 0.6) is 0 Å². The van der Waals surface area contributed by atoms with Gasteiger partial charge in [0.2, 0.25) is 0 Å². The van der Waals surface area contributed by atoms with E-state index in [0.717, 1.165) is 0 Å². The van der Waals surface area contributed by atoms with E-state index >= 15 is 0 Å². The van der Waals surface area contributed by atoms with Crippen molar-refractivity contribution in [3.63, 3.8) is 0 Å². The van der Waals surface area contributed by atoms with Gasteiger partial charge in [0.25, 0.3) is 10.0 Å². The standard InChI is InChI=1S/C10H14N2O4S2/c13-17(14)7-6-9(8-17)11-12-18(15,16)10-4-2-1-3-5-10/h1-5,9,11-12H,6-8H2/t9-/m1/s1. The number of sulfonamides is 1. The minimum absolute atomic E-state index is 0.0374. The molecule has 100 valence electrons. The Morgan fingerprint density at radius 1 is 1.17 bits per heavy atom. The molecule has 2 rings (SSSR count). The van der Waals surface area contributed by atoms with Crippen LogP contribution in [0.15, 0.2) is 35.2 Å². The monoisotopic (exact) mass is 290 g/mol. The maximum absolute atomic E-state index is 11.8. The zero-order valence-electron chi connectivity index (χ0n) is 9.53. The van der Waals surface area contributed by atoms with Crippen LogP contribution in [0.3, 0.4) is 0 Å². The summed E-state index contributed by atoms with van der Waals surface area (Å²) in [5, 5.41) is 0. The molecule has 0 aromatic heterocycles. The Bertz CT molecular complexity index is 611. The Morgan fingerprint density at radius 3 is 2.39 bits per heavy atom. The third kappa shape index (κ3) is 3.29. The largest absolute Gasteiger partial charge is 0.253 e. The van der Waals surface area contributed by atoms with Gasteiger partial charge in [0.15, 0.2) is 9.84 Å². The second-order valence-electron chi connectivity index (χ2n) is 4.16. The maximum atomic E-state index is 11.8. The van der Waals surface area contributed by atoms with E-state index in [2.05, 4.69) is 10.3 Å². The van der Waals surface area contributed by atoms with E-state index in [1.807, 2.05) is 0 Å². The number of sulfone groups is 1. The Kier molecular flexibility index (Phi) is 3.71. The van der Waals surface area contributed by atoms with Crippen molar-refractivity contribution in [3.05, 3.63) is 30.3 Å². The molecule has 1 atom stereocenters. The molecule has 0 aliphatic carbocycles. The minimum atomic E-state index is -3.64. The topological polar surface area (TPSA) is 92.3 Å². The van der Waals surface area contributed by atoms with E-state index in [4.69, 9.17) is 0 Å². The van der Waals surface area contributed by atoms with Crippen molar-refractivity contribution in [3.8, 4) is 0 Å². The number of rotatable bonds is 4. The molecular weight excluding hydrogens is 276 g/mol. The molecule has 1 heterocycles. The van der Waals surface area contributed by atoms with Crippen LogP contribution in [0, 0.1) is 0 Å². The number of hydrazine groups is 1. The summed E-state index contributed by atoms with van der Waals surface area (Å²) in [5.41, 5.74) is 2.56. The molecule has 0 spiro atoms. The molecule has 1 aliphatic heterocycles. The van der Waals surface area contributed by atoms with Gasteiger partial charge >= 0.3 is 0 Å². The fraction of sp³-hybridized carbons (Fsp3) is 0.400. The summed E-state index contributed by atoms with van der Waals surface area (Å²) in [6, 6.07) is 7.53. The van der Waals surface area contributed by atoms with Gasteiger partial charge in [0, 0.05) is 6.04 Å². The molecule has 0 bridgehead atoms. The second-order valence-corrected chi connectivity index (χ2v) is 8.07. The van der Waals surface area contributed by atoms with E-state index in [0.29, 0.717) is 6.42 Å². The molecule has 2 N–H and O–H groups in total. The van der Waals surface area contributed by atoms with Gasteiger partial charge in [-0.15, -0.1) is 4.83 Å². The van der Waals surface area contributed by atoms with Crippen molar-refractivity contribution in [2.45, 2.75) is 17.4 Å². The van der Waals surface area contributed by atoms with Crippen molar-refractivity contribution in [1.82, 2.24) is 10.3 Å². The average Bonchev–Trinajstić information content (AvgIpc) is 2.68. The molecular formula is C10H14N2O4S2. The van der Waals surface area contributed by atoms with Gasteiger partial charge in [-0.05, 0) is 18.6 Å². The van der Waals surface area contributed by atoms with E-state index in [1.54, 1.807) is 18.2 Å². The number of benzene rings is 1. The summed E-state index contributed by atoms with van der Waals surface area (Å²) in [7, 11) is -6.67. The fourth-order valence-corrected chi connectivity index (χ4v) is 4.36. The molecule has 0 amide bonds. The molecule has 1 aromatic carbocycles. The van der Waals surface area contributed by atoms with E-state index in [9.17, 15) is 16.8 Å². The summed E-state index contributed by atoms with van der Waals surface area (Å²) in [4.78, 5) is 2.35. The minimum Gasteiger partial charge on any atom is -0.240 e. The van der Waals surface area contributed by atoms with Crippen LogP contribution in [0.1, 0.15) is 6.42 Å². The summed E-state index contributed by atoms with van der Waals surface area (Å²) < 4.78 is 46.1. The van der Waals surface area contributed by atoms with E-state index in [1.165, 1.54) is 12.1 Å². The van der Waals surface area contributed by atoms with E-state index in [-0.39, 0.29) is 22.4 Å². The highest BCUT2D eigenvalue weighted by Gasteiger charge is 2.28. The van der Waals surface area contributed by atoms with E-state index < -0.39 is 19.9 Å². The van der Waals surface area contributed by atoms with Crippen LogP contribution in [-0.4, -0.2) is 34.4 Å². The van der Waals surface area contributed by atoms with Crippen LogP contribution < -0.4 is 10.3 Å². The molecule has 0 radical (unpaired) electrons. The molecule has 6 nitrogen and oxygen atoms in total. The van der Waals surface area contributed by atoms with Gasteiger partial charge in [-0.2, -0.15) is 0 Å². The zero-order valence-corrected chi connectivity index (χ0v) is 11.2. The Hall–Kier alpha value is -0.960. The van der Waals surface area contributed by atoms with Crippen molar-refractivity contribution in [2.75, 3.05) is 11.5 Å². The normalized spacial score (nSPS) is 23.0. The van der Waals surface area contributed by atoms with Crippen molar-refractivity contribution < 1.29 is 16.8 Å². The molecule has 1 saturated heterocycles. The third-order valence-electron chi connectivity index (χ3n) is 2.68. The summed E-state index contributed by atoms with van der Waals surface area (Å²) in [6.45, 7) is 0. The average molecular weight is 290 g/mol. The van der Waals surface area contributed by atoms with Crippen LogP contribution in [0.25, 0.3) is 0 Å². The molecule has 18 heavy (non-hydrogen) atoms. The molecule has 0 unspecified atom stereocenters. The fourth-order valence-electron chi connectivity index (χ4n) is 1.73. The molecule has 8 heteroatoms. The first kappa shape index (κ1) is 13.5.